The second-order valence-corrected chi connectivity index (χ2v) is 3.34. The Hall–Kier alpha value is -2.91. The molecular weight excluding hydrogens is 256 g/mol. The van der Waals surface area contributed by atoms with Gasteiger partial charge in [0.2, 0.25) is 5.95 Å². The quantitative estimate of drug-likeness (QED) is 0.548. The average Bonchev–Trinajstić information content (AvgIpc) is 2.76. The molecule has 10 heteroatoms. The molecule has 2 heterocycles. The summed E-state index contributed by atoms with van der Waals surface area (Å²) in [6, 6.07) is 0.0770. The lowest BCUT2D eigenvalue weighted by atomic mass is 10.3. The van der Waals surface area contributed by atoms with Crippen molar-refractivity contribution in [3.8, 4) is 6.01 Å². The molecule has 0 unspecified atom stereocenters. The Morgan fingerprint density at radius 2 is 2.26 bits per heavy atom. The van der Waals surface area contributed by atoms with Crippen molar-refractivity contribution in [3.05, 3.63) is 32.6 Å². The van der Waals surface area contributed by atoms with Gasteiger partial charge in [0.1, 0.15) is 5.56 Å². The number of hydrogen-bond acceptors (Lipinski definition) is 6. The molecule has 1 amide bonds. The normalized spacial score (nSPS) is 10.2. The monoisotopic (exact) mass is 266 g/mol. The van der Waals surface area contributed by atoms with Gasteiger partial charge in [0, 0.05) is 6.20 Å². The maximum Gasteiger partial charge on any atom is 0.337 e. The number of rotatable bonds is 4. The lowest BCUT2D eigenvalue weighted by Gasteiger charge is -1.99. The van der Waals surface area contributed by atoms with E-state index < -0.39 is 17.2 Å². The largest absolute Gasteiger partial charge is 0.463 e. The molecule has 10 nitrogen and oxygen atoms in total. The van der Waals surface area contributed by atoms with E-state index in [4.69, 9.17) is 4.74 Å². The minimum absolute atomic E-state index is 0.0269. The van der Waals surface area contributed by atoms with E-state index in [1.165, 1.54) is 0 Å². The summed E-state index contributed by atoms with van der Waals surface area (Å²) < 4.78 is 4.99. The third-order valence-corrected chi connectivity index (χ3v) is 2.03. The number of nitrogens with one attached hydrogen (secondary N) is 4. The van der Waals surface area contributed by atoms with Crippen LogP contribution in [0.4, 0.5) is 5.95 Å². The molecule has 2 rings (SSSR count). The highest BCUT2D eigenvalue weighted by molar-refractivity contribution is 6.02. The SMILES string of the molecule is CCOc1n[nH]c(NC(=O)c2c[nH]c(=O)[nH]c2=O)n1. The number of nitrogens with zero attached hydrogens (tertiary/aromatic N) is 2. The molecule has 0 atom stereocenters. The van der Waals surface area contributed by atoms with E-state index in [0.717, 1.165) is 6.20 Å². The van der Waals surface area contributed by atoms with Crippen LogP contribution in [-0.4, -0.2) is 37.7 Å². The Kier molecular flexibility index (Phi) is 3.41. The van der Waals surface area contributed by atoms with Crippen molar-refractivity contribution in [1.82, 2.24) is 25.1 Å². The van der Waals surface area contributed by atoms with Crippen LogP contribution in [-0.2, 0) is 0 Å². The highest BCUT2D eigenvalue weighted by Crippen LogP contribution is 2.05. The van der Waals surface area contributed by atoms with Gasteiger partial charge in [-0.1, -0.05) is 0 Å². The molecule has 0 aromatic carbocycles. The molecule has 100 valence electrons. The topological polar surface area (TPSA) is 146 Å². The summed E-state index contributed by atoms with van der Waals surface area (Å²) in [5.74, 6) is -0.712. The first-order chi connectivity index (χ1) is 9.10. The summed E-state index contributed by atoms with van der Waals surface area (Å²) in [5, 5.41) is 8.40. The minimum Gasteiger partial charge on any atom is -0.463 e. The van der Waals surface area contributed by atoms with E-state index in [1.54, 1.807) is 6.92 Å². The predicted molar refractivity (Wildman–Crippen MR) is 63.2 cm³/mol. The first-order valence-corrected chi connectivity index (χ1v) is 5.28. The van der Waals surface area contributed by atoms with E-state index in [0.29, 0.717) is 6.61 Å². The molecule has 0 aliphatic heterocycles. The van der Waals surface area contributed by atoms with E-state index in [1.807, 2.05) is 4.98 Å². The van der Waals surface area contributed by atoms with Crippen molar-refractivity contribution in [2.75, 3.05) is 11.9 Å². The van der Waals surface area contributed by atoms with E-state index in [-0.39, 0.29) is 17.5 Å². The van der Waals surface area contributed by atoms with Crippen molar-refractivity contribution in [1.29, 1.82) is 0 Å². The van der Waals surface area contributed by atoms with Gasteiger partial charge in [-0.05, 0) is 6.92 Å². The number of aromatic nitrogens is 5. The van der Waals surface area contributed by atoms with Crippen molar-refractivity contribution >= 4 is 11.9 Å². The fourth-order valence-electron chi connectivity index (χ4n) is 1.25. The minimum atomic E-state index is -0.800. The number of carbonyl (C=O) groups is 1. The first kappa shape index (κ1) is 12.5. The summed E-state index contributed by atoms with van der Waals surface area (Å²) in [4.78, 5) is 41.8. The highest BCUT2D eigenvalue weighted by Gasteiger charge is 2.13. The summed E-state index contributed by atoms with van der Waals surface area (Å²) >= 11 is 0. The maximum absolute atomic E-state index is 11.7. The molecule has 2 aromatic heterocycles. The number of ether oxygens (including phenoxy) is 1. The van der Waals surface area contributed by atoms with Crippen molar-refractivity contribution in [2.24, 2.45) is 0 Å². The standard InChI is InChI=1S/C9H10N6O4/c1-2-19-9-13-7(14-15-9)11-5(16)4-3-10-8(18)12-6(4)17/h3H,2H2,1H3,(H2,10,12,17,18)(H2,11,13,14,15,16). The molecule has 0 saturated heterocycles. The molecule has 0 bridgehead atoms. The highest BCUT2D eigenvalue weighted by atomic mass is 16.5. The smallest absolute Gasteiger partial charge is 0.337 e. The van der Waals surface area contributed by atoms with Crippen molar-refractivity contribution < 1.29 is 9.53 Å². The van der Waals surface area contributed by atoms with Crippen LogP contribution in [0.2, 0.25) is 0 Å². The van der Waals surface area contributed by atoms with Gasteiger partial charge in [-0.2, -0.15) is 4.98 Å². The molecule has 0 fully saturated rings. The Balaban J connectivity index is 2.16. The van der Waals surface area contributed by atoms with Crippen LogP contribution in [0.3, 0.4) is 0 Å². The van der Waals surface area contributed by atoms with Crippen molar-refractivity contribution in [2.45, 2.75) is 6.92 Å². The van der Waals surface area contributed by atoms with Crippen LogP contribution >= 0.6 is 0 Å². The van der Waals surface area contributed by atoms with Crippen LogP contribution in [0.25, 0.3) is 0 Å². The zero-order valence-corrected chi connectivity index (χ0v) is 9.81. The fraction of sp³-hybridized carbons (Fsp3) is 0.222. The summed E-state index contributed by atoms with van der Waals surface area (Å²) in [6.07, 6.45) is 1.01. The second-order valence-electron chi connectivity index (χ2n) is 3.34. The number of hydrogen-bond donors (Lipinski definition) is 4. The Morgan fingerprint density at radius 3 is 2.95 bits per heavy atom. The van der Waals surface area contributed by atoms with Crippen molar-refractivity contribution in [3.63, 3.8) is 0 Å². The Labute approximate surface area is 105 Å². The van der Waals surface area contributed by atoms with Crippen LogP contribution in [0.5, 0.6) is 6.01 Å². The van der Waals surface area contributed by atoms with Gasteiger partial charge in [-0.3, -0.25) is 19.9 Å². The fourth-order valence-corrected chi connectivity index (χ4v) is 1.25. The van der Waals surface area contributed by atoms with Gasteiger partial charge in [-0.15, -0.1) is 5.10 Å². The van der Waals surface area contributed by atoms with E-state index in [2.05, 4.69) is 25.5 Å². The number of H-pyrrole nitrogens is 3. The molecule has 0 aliphatic carbocycles. The Bertz CT molecular complexity index is 699. The zero-order valence-electron chi connectivity index (χ0n) is 9.81. The van der Waals surface area contributed by atoms with Crippen LogP contribution in [0.15, 0.2) is 15.8 Å². The molecule has 2 aromatic rings. The molecule has 0 radical (unpaired) electrons. The average molecular weight is 266 g/mol. The summed E-state index contributed by atoms with van der Waals surface area (Å²) in [7, 11) is 0. The van der Waals surface area contributed by atoms with Gasteiger partial charge in [-0.25, -0.2) is 9.89 Å². The van der Waals surface area contributed by atoms with E-state index >= 15 is 0 Å². The van der Waals surface area contributed by atoms with Crippen LogP contribution in [0.1, 0.15) is 17.3 Å². The van der Waals surface area contributed by atoms with Gasteiger partial charge >= 0.3 is 11.7 Å². The molecule has 4 N–H and O–H groups in total. The first-order valence-electron chi connectivity index (χ1n) is 5.28. The third-order valence-electron chi connectivity index (χ3n) is 2.03. The maximum atomic E-state index is 11.7. The van der Waals surface area contributed by atoms with Gasteiger partial charge in [0.25, 0.3) is 11.5 Å². The molecule has 0 aliphatic rings. The lowest BCUT2D eigenvalue weighted by Crippen LogP contribution is -2.29. The van der Waals surface area contributed by atoms with Gasteiger partial charge in [0.05, 0.1) is 6.61 Å². The summed E-state index contributed by atoms with van der Waals surface area (Å²) in [6.45, 7) is 2.14. The molecular formula is C9H10N6O4. The number of carbonyl (C=O) groups excluding carboxylic acids is 1. The van der Waals surface area contributed by atoms with Crippen LogP contribution in [0, 0.1) is 0 Å². The molecule has 0 saturated carbocycles. The number of anilines is 1. The summed E-state index contributed by atoms with van der Waals surface area (Å²) in [5.41, 5.74) is -1.75. The lowest BCUT2D eigenvalue weighted by molar-refractivity contribution is 0.102. The number of amides is 1. The van der Waals surface area contributed by atoms with Crippen LogP contribution < -0.4 is 21.3 Å². The molecule has 0 spiro atoms. The van der Waals surface area contributed by atoms with E-state index in [9.17, 15) is 14.4 Å². The predicted octanol–water partition coefficient (Wildman–Crippen LogP) is -1.17. The third kappa shape index (κ3) is 2.86. The Morgan fingerprint density at radius 1 is 1.47 bits per heavy atom. The second kappa shape index (κ2) is 5.16. The number of aromatic amines is 3. The van der Waals surface area contributed by atoms with Gasteiger partial charge < -0.3 is 9.72 Å². The molecule has 19 heavy (non-hydrogen) atoms. The van der Waals surface area contributed by atoms with Gasteiger partial charge in [0.15, 0.2) is 0 Å². The zero-order chi connectivity index (χ0) is 13.8.